The van der Waals surface area contributed by atoms with Gasteiger partial charge in [-0.1, -0.05) is 11.6 Å². The van der Waals surface area contributed by atoms with Gasteiger partial charge in [-0.3, -0.25) is 4.72 Å². The topological polar surface area (TPSA) is 92.8 Å². The molecule has 7 nitrogen and oxygen atoms in total. The van der Waals surface area contributed by atoms with Gasteiger partial charge in [0, 0.05) is 24.2 Å². The molecule has 152 valence electrons. The number of ether oxygens (including phenoxy) is 1. The SMILES string of the molecule is COc1cc(Cl)c(C)cc1NS(=O)(=O)c1ccc(S(=O)(=O)N2CCCC2)cc1. The molecule has 1 N–H and O–H groups in total. The fourth-order valence-electron chi connectivity index (χ4n) is 2.98. The fraction of sp³-hybridized carbons (Fsp3) is 0.333. The number of hydrogen-bond donors (Lipinski definition) is 1. The van der Waals surface area contributed by atoms with Gasteiger partial charge in [-0.05, 0) is 55.7 Å². The summed E-state index contributed by atoms with van der Waals surface area (Å²) in [7, 11) is -6.12. The summed E-state index contributed by atoms with van der Waals surface area (Å²) in [5.74, 6) is 0.285. The molecule has 0 aliphatic carbocycles. The Hall–Kier alpha value is -1.81. The summed E-state index contributed by atoms with van der Waals surface area (Å²) < 4.78 is 59.7. The average Bonchev–Trinajstić information content (AvgIpc) is 3.20. The van der Waals surface area contributed by atoms with Crippen LogP contribution in [0.1, 0.15) is 18.4 Å². The summed E-state index contributed by atoms with van der Waals surface area (Å²) in [5.41, 5.74) is 0.936. The van der Waals surface area contributed by atoms with E-state index < -0.39 is 20.0 Å². The molecule has 0 bridgehead atoms. The Kier molecular flexibility index (Phi) is 5.90. The number of sulfonamides is 2. The van der Waals surface area contributed by atoms with E-state index in [4.69, 9.17) is 16.3 Å². The zero-order valence-electron chi connectivity index (χ0n) is 15.5. The van der Waals surface area contributed by atoms with Gasteiger partial charge in [0.25, 0.3) is 10.0 Å². The second-order valence-electron chi connectivity index (χ2n) is 6.49. The number of nitrogens with one attached hydrogen (secondary N) is 1. The normalized spacial score (nSPS) is 15.5. The van der Waals surface area contributed by atoms with E-state index in [1.165, 1.54) is 41.7 Å². The lowest BCUT2D eigenvalue weighted by Crippen LogP contribution is -2.27. The van der Waals surface area contributed by atoms with Crippen molar-refractivity contribution in [2.45, 2.75) is 29.6 Å². The maximum Gasteiger partial charge on any atom is 0.262 e. The number of methoxy groups -OCH3 is 1. The van der Waals surface area contributed by atoms with E-state index >= 15 is 0 Å². The Morgan fingerprint density at radius 3 is 2.14 bits per heavy atom. The first-order chi connectivity index (χ1) is 13.1. The molecule has 3 rings (SSSR count). The van der Waals surface area contributed by atoms with Gasteiger partial charge in [-0.15, -0.1) is 0 Å². The predicted octanol–water partition coefficient (Wildman–Crippen LogP) is 3.24. The smallest absolute Gasteiger partial charge is 0.262 e. The molecule has 1 heterocycles. The molecule has 1 saturated heterocycles. The van der Waals surface area contributed by atoms with Gasteiger partial charge in [0.05, 0.1) is 22.6 Å². The van der Waals surface area contributed by atoms with Crippen molar-refractivity contribution in [2.75, 3.05) is 24.9 Å². The highest BCUT2D eigenvalue weighted by Crippen LogP contribution is 2.32. The third kappa shape index (κ3) is 4.12. The van der Waals surface area contributed by atoms with Crippen LogP contribution in [0.4, 0.5) is 5.69 Å². The van der Waals surface area contributed by atoms with Gasteiger partial charge in [0.2, 0.25) is 10.0 Å². The van der Waals surface area contributed by atoms with Crippen LogP contribution in [0, 0.1) is 6.92 Å². The van der Waals surface area contributed by atoms with Crippen LogP contribution >= 0.6 is 11.6 Å². The third-order valence-corrected chi connectivity index (χ3v) is 8.26. The zero-order chi connectivity index (χ0) is 20.5. The highest BCUT2D eigenvalue weighted by atomic mass is 35.5. The molecule has 10 heteroatoms. The minimum atomic E-state index is -3.94. The Balaban J connectivity index is 1.88. The first-order valence-electron chi connectivity index (χ1n) is 8.62. The van der Waals surface area contributed by atoms with E-state index in [-0.39, 0.29) is 21.2 Å². The molecule has 2 aromatic rings. The molecule has 1 aliphatic rings. The maximum atomic E-state index is 12.7. The summed E-state index contributed by atoms with van der Waals surface area (Å²) in [5, 5.41) is 0.455. The summed E-state index contributed by atoms with van der Waals surface area (Å²) in [6.07, 6.45) is 1.66. The lowest BCUT2D eigenvalue weighted by molar-refractivity contribution is 0.417. The van der Waals surface area contributed by atoms with Crippen LogP contribution < -0.4 is 9.46 Å². The molecule has 2 aromatic carbocycles. The van der Waals surface area contributed by atoms with Gasteiger partial charge in [-0.25, -0.2) is 16.8 Å². The molecular weight excluding hydrogens is 424 g/mol. The third-order valence-electron chi connectivity index (χ3n) is 4.56. The van der Waals surface area contributed by atoms with Crippen LogP contribution in [-0.4, -0.2) is 41.3 Å². The van der Waals surface area contributed by atoms with E-state index in [0.29, 0.717) is 23.7 Å². The molecule has 0 radical (unpaired) electrons. The minimum Gasteiger partial charge on any atom is -0.495 e. The van der Waals surface area contributed by atoms with Gasteiger partial charge < -0.3 is 4.74 Å². The molecule has 0 atom stereocenters. The monoisotopic (exact) mass is 444 g/mol. The zero-order valence-corrected chi connectivity index (χ0v) is 17.9. The number of aryl methyl sites for hydroxylation is 1. The number of anilines is 1. The maximum absolute atomic E-state index is 12.7. The summed E-state index contributed by atoms with van der Waals surface area (Å²) in [6, 6.07) is 8.28. The molecule has 0 unspecified atom stereocenters. The van der Waals surface area contributed by atoms with Crippen molar-refractivity contribution in [1.29, 1.82) is 0 Å². The van der Waals surface area contributed by atoms with E-state index in [1.807, 2.05) is 0 Å². The second-order valence-corrected chi connectivity index (χ2v) is 10.5. The van der Waals surface area contributed by atoms with Crippen LogP contribution in [0.5, 0.6) is 5.75 Å². The number of rotatable bonds is 6. The van der Waals surface area contributed by atoms with Crippen LogP contribution in [-0.2, 0) is 20.0 Å². The standard InChI is InChI=1S/C18H21ClN2O5S2/c1-13-11-17(18(26-2)12-16(13)19)20-27(22,23)14-5-7-15(8-6-14)28(24,25)21-9-3-4-10-21/h5-8,11-12,20H,3-4,9-10H2,1-2H3. The van der Waals surface area contributed by atoms with Gasteiger partial charge >= 0.3 is 0 Å². The van der Waals surface area contributed by atoms with Crippen molar-refractivity contribution in [3.63, 3.8) is 0 Å². The van der Waals surface area contributed by atoms with Crippen molar-refractivity contribution < 1.29 is 21.6 Å². The van der Waals surface area contributed by atoms with E-state index in [0.717, 1.165) is 12.8 Å². The van der Waals surface area contributed by atoms with Gasteiger partial charge in [0.1, 0.15) is 5.75 Å². The van der Waals surface area contributed by atoms with Crippen LogP contribution in [0.25, 0.3) is 0 Å². The van der Waals surface area contributed by atoms with E-state index in [9.17, 15) is 16.8 Å². The molecule has 0 aromatic heterocycles. The number of hydrogen-bond acceptors (Lipinski definition) is 5. The van der Waals surface area contributed by atoms with Crippen molar-refractivity contribution >= 4 is 37.3 Å². The quantitative estimate of drug-likeness (QED) is 0.738. The summed E-state index contributed by atoms with van der Waals surface area (Å²) in [4.78, 5) is 0.0239. The first-order valence-corrected chi connectivity index (χ1v) is 11.9. The van der Waals surface area contributed by atoms with Crippen LogP contribution in [0.15, 0.2) is 46.2 Å². The van der Waals surface area contributed by atoms with Crippen molar-refractivity contribution in [1.82, 2.24) is 4.31 Å². The van der Waals surface area contributed by atoms with Crippen LogP contribution in [0.2, 0.25) is 5.02 Å². The fourth-order valence-corrected chi connectivity index (χ4v) is 5.72. The second kappa shape index (κ2) is 7.90. The van der Waals surface area contributed by atoms with Gasteiger partial charge in [-0.2, -0.15) is 4.31 Å². The Bertz CT molecular complexity index is 1080. The molecule has 0 saturated carbocycles. The summed E-state index contributed by atoms with van der Waals surface area (Å²) in [6.45, 7) is 2.72. The Morgan fingerprint density at radius 2 is 1.57 bits per heavy atom. The van der Waals surface area contributed by atoms with Crippen molar-refractivity contribution in [2.24, 2.45) is 0 Å². The molecule has 1 fully saturated rings. The van der Waals surface area contributed by atoms with Crippen molar-refractivity contribution in [3.05, 3.63) is 47.0 Å². The lowest BCUT2D eigenvalue weighted by Gasteiger charge is -2.16. The highest BCUT2D eigenvalue weighted by Gasteiger charge is 2.27. The Labute approximate surface area is 170 Å². The summed E-state index contributed by atoms with van der Waals surface area (Å²) >= 11 is 6.05. The minimum absolute atomic E-state index is 0.0532. The number of benzene rings is 2. The van der Waals surface area contributed by atoms with Crippen molar-refractivity contribution in [3.8, 4) is 5.75 Å². The lowest BCUT2D eigenvalue weighted by atomic mass is 10.2. The number of nitrogens with zero attached hydrogens (tertiary/aromatic N) is 1. The van der Waals surface area contributed by atoms with Crippen LogP contribution in [0.3, 0.4) is 0 Å². The predicted molar refractivity (Wildman–Crippen MR) is 108 cm³/mol. The van der Waals surface area contributed by atoms with Gasteiger partial charge in [0.15, 0.2) is 0 Å². The highest BCUT2D eigenvalue weighted by molar-refractivity contribution is 7.92. The molecule has 28 heavy (non-hydrogen) atoms. The largest absolute Gasteiger partial charge is 0.495 e. The van der Waals surface area contributed by atoms with E-state index in [1.54, 1.807) is 13.0 Å². The average molecular weight is 445 g/mol. The molecule has 0 amide bonds. The molecule has 0 spiro atoms. The Morgan fingerprint density at radius 1 is 1.00 bits per heavy atom. The first kappa shape index (κ1) is 20.9. The molecular formula is C18H21ClN2O5S2. The molecule has 1 aliphatic heterocycles. The van der Waals surface area contributed by atoms with E-state index in [2.05, 4.69) is 4.72 Å². The number of halogens is 1.